The van der Waals surface area contributed by atoms with Gasteiger partial charge in [-0.05, 0) is 48.4 Å². The summed E-state index contributed by atoms with van der Waals surface area (Å²) in [6.07, 6.45) is 5.21. The highest BCUT2D eigenvalue weighted by Gasteiger charge is 2.38. The molecule has 4 rings (SSSR count). The number of guanidine groups is 1. The van der Waals surface area contributed by atoms with Gasteiger partial charge in [-0.3, -0.25) is 9.79 Å². The third kappa shape index (κ3) is 3.75. The maximum Gasteiger partial charge on any atom is 0.223 e. The molecule has 1 heterocycles. The molecule has 146 valence electrons. The highest BCUT2D eigenvalue weighted by atomic mass is 16.2. The highest BCUT2D eigenvalue weighted by molar-refractivity contribution is 5.93. The fourth-order valence-electron chi connectivity index (χ4n) is 4.55. The van der Waals surface area contributed by atoms with Crippen LogP contribution in [0.2, 0.25) is 0 Å². The van der Waals surface area contributed by atoms with Gasteiger partial charge in [0.1, 0.15) is 0 Å². The van der Waals surface area contributed by atoms with Gasteiger partial charge in [0.25, 0.3) is 0 Å². The topological polar surface area (TPSA) is 70.7 Å². The van der Waals surface area contributed by atoms with Gasteiger partial charge in [0, 0.05) is 31.6 Å². The van der Waals surface area contributed by atoms with Crippen LogP contribution in [-0.2, 0) is 17.6 Å². The van der Waals surface area contributed by atoms with Crippen molar-refractivity contribution in [1.29, 1.82) is 0 Å². The zero-order valence-corrected chi connectivity index (χ0v) is 16.4. The van der Waals surface area contributed by atoms with Gasteiger partial charge < -0.3 is 16.0 Å². The quantitative estimate of drug-likeness (QED) is 0.634. The molecule has 1 saturated heterocycles. The summed E-state index contributed by atoms with van der Waals surface area (Å²) in [6, 6.07) is 16.6. The molecule has 1 fully saturated rings. The number of nitrogens with zero attached hydrogens (tertiary/aromatic N) is 2. The lowest BCUT2D eigenvalue weighted by Gasteiger charge is -2.24. The first-order valence-corrected chi connectivity index (χ1v) is 10.1. The van der Waals surface area contributed by atoms with Crippen molar-refractivity contribution < 1.29 is 4.79 Å². The molecule has 1 aliphatic heterocycles. The summed E-state index contributed by atoms with van der Waals surface area (Å²) < 4.78 is 0. The number of rotatable bonds is 4. The van der Waals surface area contributed by atoms with Crippen molar-refractivity contribution in [2.24, 2.45) is 16.6 Å². The predicted molar refractivity (Wildman–Crippen MR) is 113 cm³/mol. The summed E-state index contributed by atoms with van der Waals surface area (Å²) >= 11 is 0. The van der Waals surface area contributed by atoms with E-state index in [1.807, 2.05) is 30.1 Å². The van der Waals surface area contributed by atoms with Crippen molar-refractivity contribution >= 4 is 17.6 Å². The van der Waals surface area contributed by atoms with Crippen molar-refractivity contribution in [1.82, 2.24) is 4.90 Å². The third-order valence-electron chi connectivity index (χ3n) is 5.99. The van der Waals surface area contributed by atoms with E-state index in [0.29, 0.717) is 18.9 Å². The van der Waals surface area contributed by atoms with Crippen molar-refractivity contribution in [3.63, 3.8) is 0 Å². The zero-order valence-electron chi connectivity index (χ0n) is 16.4. The van der Waals surface area contributed by atoms with Crippen LogP contribution in [0.15, 0.2) is 53.5 Å². The second kappa shape index (κ2) is 8.05. The van der Waals surface area contributed by atoms with E-state index in [2.05, 4.69) is 40.6 Å². The number of carbonyl (C=O) groups excluding carboxylic acids is 1. The first kappa shape index (κ1) is 18.5. The molecule has 0 spiro atoms. The number of nitrogens with two attached hydrogens (primary N) is 1. The molecule has 0 radical (unpaired) electrons. The fraction of sp³-hybridized carbons (Fsp3) is 0.391. The molecule has 5 nitrogen and oxygen atoms in total. The average Bonchev–Trinajstić information content (AvgIpc) is 3.01. The molecule has 0 aromatic heterocycles. The van der Waals surface area contributed by atoms with E-state index >= 15 is 0 Å². The highest BCUT2D eigenvalue weighted by Crippen LogP contribution is 2.37. The Labute approximate surface area is 166 Å². The Hall–Kier alpha value is -2.82. The van der Waals surface area contributed by atoms with E-state index in [1.165, 1.54) is 24.0 Å². The lowest BCUT2D eigenvalue weighted by atomic mass is 9.90. The minimum Gasteiger partial charge on any atom is -0.370 e. The van der Waals surface area contributed by atoms with Gasteiger partial charge in [-0.2, -0.15) is 0 Å². The molecule has 3 N–H and O–H groups in total. The first-order valence-electron chi connectivity index (χ1n) is 10.1. The van der Waals surface area contributed by atoms with E-state index in [1.54, 1.807) is 0 Å². The number of benzene rings is 2. The third-order valence-corrected chi connectivity index (χ3v) is 5.99. The van der Waals surface area contributed by atoms with Crippen LogP contribution in [0.25, 0.3) is 0 Å². The largest absolute Gasteiger partial charge is 0.370 e. The van der Waals surface area contributed by atoms with Gasteiger partial charge in [-0.25, -0.2) is 0 Å². The van der Waals surface area contributed by atoms with Gasteiger partial charge in [0.15, 0.2) is 5.96 Å². The number of anilines is 1. The van der Waals surface area contributed by atoms with Crippen LogP contribution in [0.1, 0.15) is 42.0 Å². The van der Waals surface area contributed by atoms with Crippen LogP contribution in [0.3, 0.4) is 0 Å². The summed E-state index contributed by atoms with van der Waals surface area (Å²) in [4.78, 5) is 18.7. The normalized spacial score (nSPS) is 22.2. The summed E-state index contributed by atoms with van der Waals surface area (Å²) in [5.41, 5.74) is 11.2. The van der Waals surface area contributed by atoms with Crippen molar-refractivity contribution in [3.8, 4) is 0 Å². The minimum absolute atomic E-state index is 0.0507. The number of aryl methyl sites for hydroxylation is 1. The van der Waals surface area contributed by atoms with Crippen molar-refractivity contribution in [3.05, 3.63) is 65.2 Å². The van der Waals surface area contributed by atoms with Crippen LogP contribution in [0.5, 0.6) is 0 Å². The molecule has 1 amide bonds. The number of hydrogen-bond donors (Lipinski definition) is 2. The van der Waals surface area contributed by atoms with Gasteiger partial charge in [-0.1, -0.05) is 42.5 Å². The SMILES string of the molecule is CN1C(=O)C[C@@H](CN=C(N)Nc2cccc3c2CCCC3)[C@@H]1c1ccccc1. The second-order valence-electron chi connectivity index (χ2n) is 7.83. The summed E-state index contributed by atoms with van der Waals surface area (Å²) in [7, 11) is 1.88. The monoisotopic (exact) mass is 376 g/mol. The van der Waals surface area contributed by atoms with Gasteiger partial charge >= 0.3 is 0 Å². The van der Waals surface area contributed by atoms with E-state index in [-0.39, 0.29) is 17.9 Å². The lowest BCUT2D eigenvalue weighted by Crippen LogP contribution is -2.27. The van der Waals surface area contributed by atoms with Gasteiger partial charge in [-0.15, -0.1) is 0 Å². The lowest BCUT2D eigenvalue weighted by molar-refractivity contribution is -0.127. The minimum atomic E-state index is 0.0507. The number of hydrogen-bond acceptors (Lipinski definition) is 2. The number of aliphatic imine (C=N–C) groups is 1. The van der Waals surface area contributed by atoms with Crippen LogP contribution >= 0.6 is 0 Å². The maximum atomic E-state index is 12.3. The standard InChI is InChI=1S/C23H28N4O/c1-27-21(28)14-18(22(27)17-9-3-2-4-10-17)15-25-23(24)26-20-13-7-11-16-8-5-6-12-19(16)20/h2-4,7,9-11,13,18,22H,5-6,8,12,14-15H2,1H3,(H3,24,25,26)/t18-,22-/m0/s1. The van der Waals surface area contributed by atoms with Crippen molar-refractivity contribution in [2.45, 2.75) is 38.1 Å². The average molecular weight is 377 g/mol. The molecule has 0 unspecified atom stereocenters. The Morgan fingerprint density at radius 1 is 1.14 bits per heavy atom. The molecule has 0 bridgehead atoms. The van der Waals surface area contributed by atoms with Crippen LogP contribution in [0, 0.1) is 5.92 Å². The number of nitrogens with one attached hydrogen (secondary N) is 1. The van der Waals surface area contributed by atoms with Crippen molar-refractivity contribution in [2.75, 3.05) is 18.9 Å². The first-order chi connectivity index (χ1) is 13.6. The van der Waals surface area contributed by atoms with E-state index < -0.39 is 0 Å². The molecule has 2 aromatic carbocycles. The fourth-order valence-corrected chi connectivity index (χ4v) is 4.55. The number of likely N-dealkylation sites (tertiary alicyclic amines) is 1. The smallest absolute Gasteiger partial charge is 0.223 e. The Bertz CT molecular complexity index is 877. The van der Waals surface area contributed by atoms with Crippen LogP contribution < -0.4 is 11.1 Å². The predicted octanol–water partition coefficient (Wildman–Crippen LogP) is 3.51. The molecule has 2 aromatic rings. The molecular formula is C23H28N4O. The van der Waals surface area contributed by atoms with E-state index in [4.69, 9.17) is 5.73 Å². The van der Waals surface area contributed by atoms with E-state index in [0.717, 1.165) is 24.1 Å². The Balaban J connectivity index is 1.48. The second-order valence-corrected chi connectivity index (χ2v) is 7.83. The number of fused-ring (bicyclic) bond motifs is 1. The Morgan fingerprint density at radius 2 is 1.93 bits per heavy atom. The van der Waals surface area contributed by atoms with Gasteiger partial charge in [0.2, 0.25) is 5.91 Å². The molecule has 0 saturated carbocycles. The molecule has 28 heavy (non-hydrogen) atoms. The van der Waals surface area contributed by atoms with Crippen LogP contribution in [-0.4, -0.2) is 30.4 Å². The molecule has 2 aliphatic rings. The Morgan fingerprint density at radius 3 is 2.75 bits per heavy atom. The summed E-state index contributed by atoms with van der Waals surface area (Å²) in [5, 5.41) is 3.30. The van der Waals surface area contributed by atoms with E-state index in [9.17, 15) is 4.79 Å². The number of carbonyl (C=O) groups is 1. The Kier molecular flexibility index (Phi) is 5.33. The maximum absolute atomic E-state index is 12.3. The number of amides is 1. The summed E-state index contributed by atoms with van der Waals surface area (Å²) in [6.45, 7) is 0.531. The molecule has 2 atom stereocenters. The van der Waals surface area contributed by atoms with Gasteiger partial charge in [0.05, 0.1) is 6.04 Å². The zero-order chi connectivity index (χ0) is 19.5. The molecular weight excluding hydrogens is 348 g/mol. The summed E-state index contributed by atoms with van der Waals surface area (Å²) in [5.74, 6) is 0.718. The molecule has 5 heteroatoms. The van der Waals surface area contributed by atoms with Crippen LogP contribution in [0.4, 0.5) is 5.69 Å². The molecule has 1 aliphatic carbocycles.